The number of sulfonamides is 1. The fourth-order valence-corrected chi connectivity index (χ4v) is 6.44. The summed E-state index contributed by atoms with van der Waals surface area (Å²) in [6.45, 7) is 5.91. The van der Waals surface area contributed by atoms with E-state index >= 15 is 0 Å². The highest BCUT2D eigenvalue weighted by molar-refractivity contribution is 7.92. The normalized spacial score (nSPS) is 28.7. The molecule has 3 unspecified atom stereocenters. The summed E-state index contributed by atoms with van der Waals surface area (Å²) in [5.41, 5.74) is 2.33. The Morgan fingerprint density at radius 1 is 1.29 bits per heavy atom. The minimum Gasteiger partial charge on any atom is -0.384 e. The molecule has 1 saturated carbocycles. The van der Waals surface area contributed by atoms with E-state index in [1.54, 1.807) is 0 Å². The van der Waals surface area contributed by atoms with Crippen molar-refractivity contribution in [3.05, 3.63) is 29.8 Å². The van der Waals surface area contributed by atoms with Crippen LogP contribution >= 0.6 is 0 Å². The van der Waals surface area contributed by atoms with Crippen LogP contribution in [0, 0.1) is 5.92 Å². The van der Waals surface area contributed by atoms with Gasteiger partial charge in [-0.25, -0.2) is 8.42 Å². The molecule has 3 atom stereocenters. The Morgan fingerprint density at radius 2 is 2.11 bits per heavy atom. The number of methoxy groups -OCH3 is 1. The third kappa shape index (κ3) is 4.55. The summed E-state index contributed by atoms with van der Waals surface area (Å²) in [6, 6.07) is 8.10. The van der Waals surface area contributed by atoms with Crippen LogP contribution in [0.3, 0.4) is 0 Å². The van der Waals surface area contributed by atoms with E-state index in [9.17, 15) is 8.42 Å². The Hall–Kier alpha value is -1.11. The van der Waals surface area contributed by atoms with Crippen molar-refractivity contribution in [1.82, 2.24) is 5.32 Å². The Bertz CT molecular complexity index is 753. The van der Waals surface area contributed by atoms with Crippen molar-refractivity contribution in [3.8, 4) is 0 Å². The van der Waals surface area contributed by atoms with Gasteiger partial charge in [0, 0.05) is 18.3 Å². The van der Waals surface area contributed by atoms with Crippen molar-refractivity contribution in [2.45, 2.75) is 69.7 Å². The van der Waals surface area contributed by atoms with Crippen LogP contribution in [0.25, 0.3) is 0 Å². The Balaban J connectivity index is 1.84. The number of hydrogen-bond donors (Lipinski definition) is 2. The molecule has 1 saturated heterocycles. The fourth-order valence-electron chi connectivity index (χ4n) is 5.47. The van der Waals surface area contributed by atoms with Crippen molar-refractivity contribution in [3.63, 3.8) is 0 Å². The van der Waals surface area contributed by atoms with Gasteiger partial charge >= 0.3 is 0 Å². The van der Waals surface area contributed by atoms with E-state index in [4.69, 9.17) is 4.74 Å². The van der Waals surface area contributed by atoms with Crippen molar-refractivity contribution < 1.29 is 13.2 Å². The molecule has 6 heteroatoms. The third-order valence-electron chi connectivity index (χ3n) is 6.98. The van der Waals surface area contributed by atoms with Gasteiger partial charge in [-0.15, -0.1) is 0 Å². The number of anilines is 1. The molecule has 2 fully saturated rings. The fraction of sp³-hybridized carbons (Fsp3) is 0.727. The monoisotopic (exact) mass is 408 g/mol. The summed E-state index contributed by atoms with van der Waals surface area (Å²) >= 11 is 0. The summed E-state index contributed by atoms with van der Waals surface area (Å²) in [5.74, 6) is 0.633. The molecule has 28 heavy (non-hydrogen) atoms. The standard InChI is InChI=1S/C22H36N2O3S/c1-4-7-18(2)22-11-6-10-21(17-22,12-13-23-22)19-8-5-9-20(16-19)24-28(25,26)15-14-27-3/h5,8-9,16,18,23-24H,4,6-7,10-15,17H2,1-3H3. The number of fused-ring (bicyclic) bond motifs is 2. The van der Waals surface area contributed by atoms with Crippen molar-refractivity contribution in [2.24, 2.45) is 5.92 Å². The molecule has 2 aliphatic rings. The lowest BCUT2D eigenvalue weighted by Gasteiger charge is -2.56. The van der Waals surface area contributed by atoms with Crippen molar-refractivity contribution >= 4 is 15.7 Å². The van der Waals surface area contributed by atoms with E-state index in [1.807, 2.05) is 12.1 Å². The molecule has 1 aromatic rings. The van der Waals surface area contributed by atoms with E-state index in [-0.39, 0.29) is 23.3 Å². The van der Waals surface area contributed by atoms with Crippen LogP contribution in [-0.2, 0) is 20.2 Å². The first-order valence-electron chi connectivity index (χ1n) is 10.7. The molecule has 1 aliphatic heterocycles. The average Bonchev–Trinajstić information content (AvgIpc) is 2.66. The van der Waals surface area contributed by atoms with Gasteiger partial charge in [-0.3, -0.25) is 4.72 Å². The summed E-state index contributed by atoms with van der Waals surface area (Å²) < 4.78 is 32.2. The van der Waals surface area contributed by atoms with Crippen LogP contribution in [0.15, 0.2) is 24.3 Å². The van der Waals surface area contributed by atoms with Crippen LogP contribution in [0.5, 0.6) is 0 Å². The van der Waals surface area contributed by atoms with Gasteiger partial charge in [-0.1, -0.05) is 38.8 Å². The van der Waals surface area contributed by atoms with Crippen molar-refractivity contribution in [2.75, 3.05) is 30.7 Å². The molecular weight excluding hydrogens is 372 g/mol. The molecule has 2 N–H and O–H groups in total. The Labute approximate surface area is 170 Å². The highest BCUT2D eigenvalue weighted by Gasteiger charge is 2.50. The van der Waals surface area contributed by atoms with Gasteiger partial charge < -0.3 is 10.1 Å². The molecule has 0 radical (unpaired) electrons. The highest BCUT2D eigenvalue weighted by Crippen LogP contribution is 2.51. The number of hydrogen-bond acceptors (Lipinski definition) is 4. The zero-order chi connectivity index (χ0) is 20.3. The smallest absolute Gasteiger partial charge is 0.234 e. The maximum Gasteiger partial charge on any atom is 0.234 e. The SMILES string of the molecule is CCCC(C)C12CCCC(c3cccc(NS(=O)(=O)CCOC)c3)(CCN1)C2. The first kappa shape index (κ1) is 21.6. The molecule has 1 heterocycles. The Kier molecular flexibility index (Phi) is 6.72. The molecule has 3 rings (SSSR count). The topological polar surface area (TPSA) is 67.4 Å². The second-order valence-corrected chi connectivity index (χ2v) is 10.7. The van der Waals surface area contributed by atoms with Gasteiger partial charge in [0.05, 0.1) is 12.4 Å². The average molecular weight is 409 g/mol. The van der Waals surface area contributed by atoms with Crippen LogP contribution in [0.4, 0.5) is 5.69 Å². The van der Waals surface area contributed by atoms with E-state index < -0.39 is 10.0 Å². The Morgan fingerprint density at radius 3 is 2.86 bits per heavy atom. The molecule has 5 nitrogen and oxygen atoms in total. The molecule has 1 aromatic carbocycles. The van der Waals surface area contributed by atoms with E-state index in [2.05, 4.69) is 36.0 Å². The maximum absolute atomic E-state index is 12.3. The van der Waals surface area contributed by atoms with Gasteiger partial charge in [0.2, 0.25) is 10.0 Å². The molecule has 0 aromatic heterocycles. The molecule has 1 aliphatic carbocycles. The number of piperidine rings is 1. The third-order valence-corrected chi connectivity index (χ3v) is 8.23. The highest BCUT2D eigenvalue weighted by atomic mass is 32.2. The molecular formula is C22H36N2O3S. The van der Waals surface area contributed by atoms with Gasteiger partial charge in [-0.05, 0) is 67.7 Å². The van der Waals surface area contributed by atoms with Crippen LogP contribution in [-0.4, -0.2) is 40.0 Å². The summed E-state index contributed by atoms with van der Waals surface area (Å²) in [7, 11) is -1.87. The van der Waals surface area contributed by atoms with E-state index in [0.717, 1.165) is 19.4 Å². The second kappa shape index (κ2) is 8.72. The first-order chi connectivity index (χ1) is 13.3. The first-order valence-corrected chi connectivity index (χ1v) is 12.3. The minimum atomic E-state index is -3.39. The summed E-state index contributed by atoms with van der Waals surface area (Å²) in [4.78, 5) is 0. The molecule has 0 spiro atoms. The predicted molar refractivity (Wildman–Crippen MR) is 115 cm³/mol. The number of nitrogens with one attached hydrogen (secondary N) is 2. The van der Waals surface area contributed by atoms with Crippen LogP contribution < -0.4 is 10.0 Å². The number of benzene rings is 1. The van der Waals surface area contributed by atoms with Crippen molar-refractivity contribution in [1.29, 1.82) is 0 Å². The second-order valence-electron chi connectivity index (χ2n) is 8.83. The van der Waals surface area contributed by atoms with Gasteiger partial charge in [-0.2, -0.15) is 0 Å². The van der Waals surface area contributed by atoms with E-state index in [0.29, 0.717) is 11.6 Å². The largest absolute Gasteiger partial charge is 0.384 e. The van der Waals surface area contributed by atoms with Crippen LogP contribution in [0.2, 0.25) is 0 Å². The van der Waals surface area contributed by atoms with E-state index in [1.165, 1.54) is 44.8 Å². The maximum atomic E-state index is 12.3. The lowest BCUT2D eigenvalue weighted by Crippen LogP contribution is -2.61. The summed E-state index contributed by atoms with van der Waals surface area (Å²) in [5, 5.41) is 3.89. The van der Waals surface area contributed by atoms with Gasteiger partial charge in [0.25, 0.3) is 0 Å². The predicted octanol–water partition coefficient (Wildman–Crippen LogP) is 4.05. The lowest BCUT2D eigenvalue weighted by atomic mass is 9.56. The molecule has 2 bridgehead atoms. The summed E-state index contributed by atoms with van der Waals surface area (Å²) in [6.07, 6.45) is 8.41. The number of rotatable bonds is 9. The molecule has 158 valence electrons. The molecule has 0 amide bonds. The lowest BCUT2D eigenvalue weighted by molar-refractivity contribution is 0.0528. The van der Waals surface area contributed by atoms with Gasteiger partial charge in [0.15, 0.2) is 0 Å². The van der Waals surface area contributed by atoms with Gasteiger partial charge in [0.1, 0.15) is 0 Å². The minimum absolute atomic E-state index is 0.0273. The number of ether oxygens (including phenoxy) is 1. The zero-order valence-electron chi connectivity index (χ0n) is 17.6. The quantitative estimate of drug-likeness (QED) is 0.647. The zero-order valence-corrected chi connectivity index (χ0v) is 18.4. The van der Waals surface area contributed by atoms with Crippen LogP contribution in [0.1, 0.15) is 64.4 Å².